The van der Waals surface area contributed by atoms with Crippen LogP contribution in [0.3, 0.4) is 0 Å². The fraction of sp³-hybridized carbons (Fsp3) is 0.550. The molecule has 1 saturated heterocycles. The van der Waals surface area contributed by atoms with E-state index in [1.807, 2.05) is 17.9 Å². The summed E-state index contributed by atoms with van der Waals surface area (Å²) in [7, 11) is 1.97. The van der Waals surface area contributed by atoms with Crippen molar-refractivity contribution in [1.82, 2.24) is 24.5 Å². The van der Waals surface area contributed by atoms with Gasteiger partial charge in [0.15, 0.2) is 5.82 Å². The number of rotatable bonds is 4. The zero-order valence-corrected chi connectivity index (χ0v) is 17.1. The molecule has 3 aromatic heterocycles. The van der Waals surface area contributed by atoms with Gasteiger partial charge in [-0.25, -0.2) is 0 Å². The van der Waals surface area contributed by atoms with Crippen molar-refractivity contribution in [2.45, 2.75) is 46.1 Å². The molecule has 3 aromatic rings. The number of piperidine rings is 1. The molecule has 8 heteroatoms. The highest BCUT2D eigenvalue weighted by molar-refractivity contribution is 5.97. The van der Waals surface area contributed by atoms with Crippen molar-refractivity contribution in [3.05, 3.63) is 22.6 Å². The van der Waals surface area contributed by atoms with Crippen molar-refractivity contribution in [3.8, 4) is 11.3 Å². The predicted octanol–water partition coefficient (Wildman–Crippen LogP) is 2.91. The maximum atomic E-state index is 13.0. The van der Waals surface area contributed by atoms with Gasteiger partial charge in [-0.15, -0.1) is 0 Å². The molecule has 0 unspecified atom stereocenters. The lowest BCUT2D eigenvalue weighted by Crippen LogP contribution is -2.30. The quantitative estimate of drug-likeness (QED) is 0.722. The number of aromatic nitrogens is 5. The van der Waals surface area contributed by atoms with Crippen LogP contribution in [0.1, 0.15) is 46.1 Å². The fourth-order valence-electron chi connectivity index (χ4n) is 3.98. The molecule has 0 radical (unpaired) electrons. The number of nitrogens with one attached hydrogen (secondary N) is 1. The van der Waals surface area contributed by atoms with Gasteiger partial charge in [-0.05, 0) is 32.1 Å². The molecule has 0 spiro atoms. The predicted molar refractivity (Wildman–Crippen MR) is 113 cm³/mol. The summed E-state index contributed by atoms with van der Waals surface area (Å²) in [6, 6.07) is 2.14. The Kier molecular flexibility index (Phi) is 4.64. The Morgan fingerprint density at radius 1 is 1.18 bits per heavy atom. The number of aromatic amines is 1. The average molecular weight is 384 g/mol. The van der Waals surface area contributed by atoms with Crippen molar-refractivity contribution in [1.29, 1.82) is 0 Å². The van der Waals surface area contributed by atoms with E-state index in [0.29, 0.717) is 16.8 Å². The van der Waals surface area contributed by atoms with Gasteiger partial charge in [0.2, 0.25) is 0 Å². The second-order valence-corrected chi connectivity index (χ2v) is 8.16. The summed E-state index contributed by atoms with van der Waals surface area (Å²) in [6.45, 7) is 8.37. The molecule has 0 aromatic carbocycles. The topological polar surface area (TPSA) is 97.8 Å². The molecule has 0 aliphatic carbocycles. The minimum Gasteiger partial charge on any atom is -0.382 e. The first-order valence-electron chi connectivity index (χ1n) is 10.1. The van der Waals surface area contributed by atoms with Crippen molar-refractivity contribution in [3.63, 3.8) is 0 Å². The molecule has 0 saturated carbocycles. The first kappa shape index (κ1) is 18.6. The Morgan fingerprint density at radius 2 is 1.89 bits per heavy atom. The smallest absolute Gasteiger partial charge is 0.264 e. The van der Waals surface area contributed by atoms with Gasteiger partial charge in [0.05, 0.1) is 11.2 Å². The van der Waals surface area contributed by atoms with Crippen LogP contribution in [0.25, 0.3) is 22.2 Å². The second kappa shape index (κ2) is 7.00. The largest absolute Gasteiger partial charge is 0.382 e. The third-order valence-corrected chi connectivity index (χ3v) is 5.99. The molecule has 150 valence electrons. The summed E-state index contributed by atoms with van der Waals surface area (Å²) in [5, 5.41) is 12.3. The molecule has 28 heavy (non-hydrogen) atoms. The minimum atomic E-state index is -0.113. The molecule has 1 aliphatic rings. The summed E-state index contributed by atoms with van der Waals surface area (Å²) in [6.07, 6.45) is 5.60. The number of hydrogen-bond acceptors (Lipinski definition) is 5. The van der Waals surface area contributed by atoms with Crippen molar-refractivity contribution in [2.75, 3.05) is 23.7 Å². The van der Waals surface area contributed by atoms with Crippen LogP contribution in [0, 0.1) is 5.92 Å². The highest BCUT2D eigenvalue weighted by Gasteiger charge is 2.23. The van der Waals surface area contributed by atoms with Crippen molar-refractivity contribution < 1.29 is 0 Å². The van der Waals surface area contributed by atoms with E-state index in [1.165, 1.54) is 19.3 Å². The van der Waals surface area contributed by atoms with Crippen LogP contribution in [0.5, 0.6) is 0 Å². The Morgan fingerprint density at radius 3 is 2.57 bits per heavy atom. The summed E-state index contributed by atoms with van der Waals surface area (Å²) < 4.78 is 3.69. The molecule has 1 aliphatic heterocycles. The first-order valence-corrected chi connectivity index (χ1v) is 10.1. The Hall–Kier alpha value is -2.77. The number of pyridine rings is 1. The van der Waals surface area contributed by atoms with E-state index >= 15 is 0 Å². The van der Waals surface area contributed by atoms with Crippen molar-refractivity contribution in [2.24, 2.45) is 13.0 Å². The molecule has 4 rings (SSSR count). The van der Waals surface area contributed by atoms with Crippen LogP contribution in [0.15, 0.2) is 17.1 Å². The maximum absolute atomic E-state index is 13.0. The van der Waals surface area contributed by atoms with Crippen LogP contribution in [-0.2, 0) is 7.05 Å². The van der Waals surface area contributed by atoms with Gasteiger partial charge in [0.1, 0.15) is 11.2 Å². The number of nitrogen functional groups attached to an aromatic ring is 1. The van der Waals surface area contributed by atoms with Gasteiger partial charge in [0, 0.05) is 44.0 Å². The van der Waals surface area contributed by atoms with E-state index in [-0.39, 0.29) is 17.4 Å². The van der Waals surface area contributed by atoms with Crippen LogP contribution < -0.4 is 16.2 Å². The number of H-pyrrole nitrogens is 1. The third-order valence-electron chi connectivity index (χ3n) is 5.99. The van der Waals surface area contributed by atoms with Crippen LogP contribution in [0.2, 0.25) is 0 Å². The Balaban J connectivity index is 1.89. The summed E-state index contributed by atoms with van der Waals surface area (Å²) in [5.41, 5.74) is 8.24. The van der Waals surface area contributed by atoms with E-state index < -0.39 is 0 Å². The standard InChI is InChI=1S/C20H29N7O/c1-12(2)13(3)27-11-14(18-17(20(27)28)19(21)23-22-18)15-10-16(25(4)24-15)26-8-6-5-7-9-26/h10-13H,5-9H2,1-4H3,(H3,21,22,23)/t13-/m0/s1. The number of hydrogen-bond donors (Lipinski definition) is 2. The Labute approximate surface area is 164 Å². The fourth-order valence-corrected chi connectivity index (χ4v) is 3.98. The number of anilines is 2. The molecule has 8 nitrogen and oxygen atoms in total. The summed E-state index contributed by atoms with van der Waals surface area (Å²) in [4.78, 5) is 15.4. The lowest BCUT2D eigenvalue weighted by atomic mass is 10.0. The average Bonchev–Trinajstić information content (AvgIpc) is 3.26. The normalized spacial score (nSPS) is 16.2. The second-order valence-electron chi connectivity index (χ2n) is 8.16. The number of aryl methyl sites for hydroxylation is 1. The van der Waals surface area contributed by atoms with E-state index in [9.17, 15) is 4.79 Å². The van der Waals surface area contributed by atoms with Crippen LogP contribution in [-0.4, -0.2) is 37.6 Å². The number of fused-ring (bicyclic) bond motifs is 1. The Bertz CT molecular complexity index is 1050. The first-order chi connectivity index (χ1) is 13.4. The molecule has 0 bridgehead atoms. The molecular weight excluding hydrogens is 354 g/mol. The molecule has 0 amide bonds. The summed E-state index contributed by atoms with van der Waals surface area (Å²) >= 11 is 0. The zero-order chi connectivity index (χ0) is 20.0. The molecule has 1 fully saturated rings. The third kappa shape index (κ3) is 2.96. The molecule has 4 heterocycles. The van der Waals surface area contributed by atoms with Gasteiger partial charge in [-0.2, -0.15) is 10.2 Å². The molecular formula is C20H29N7O. The number of nitrogens with zero attached hydrogens (tertiary/aromatic N) is 5. The van der Waals surface area contributed by atoms with Gasteiger partial charge in [0.25, 0.3) is 5.56 Å². The summed E-state index contributed by atoms with van der Waals surface area (Å²) in [5.74, 6) is 1.65. The van der Waals surface area contributed by atoms with Crippen LogP contribution in [0.4, 0.5) is 11.6 Å². The van der Waals surface area contributed by atoms with E-state index in [1.54, 1.807) is 4.57 Å². The van der Waals surface area contributed by atoms with E-state index in [4.69, 9.17) is 10.8 Å². The zero-order valence-electron chi connectivity index (χ0n) is 17.1. The van der Waals surface area contributed by atoms with E-state index in [0.717, 1.165) is 30.2 Å². The van der Waals surface area contributed by atoms with Gasteiger partial charge in [-0.1, -0.05) is 13.8 Å². The highest BCUT2D eigenvalue weighted by Crippen LogP contribution is 2.31. The van der Waals surface area contributed by atoms with Gasteiger partial charge < -0.3 is 15.2 Å². The maximum Gasteiger partial charge on any atom is 0.264 e. The SMILES string of the molecule is CC(C)[C@H](C)n1cc(-c2cc(N3CCCCC3)n(C)n2)c2[nH]nc(N)c2c1=O. The molecule has 1 atom stereocenters. The lowest BCUT2D eigenvalue weighted by Gasteiger charge is -2.28. The van der Waals surface area contributed by atoms with Crippen LogP contribution >= 0.6 is 0 Å². The monoisotopic (exact) mass is 383 g/mol. The van der Waals surface area contributed by atoms with Gasteiger partial charge in [-0.3, -0.25) is 14.6 Å². The number of nitrogens with two attached hydrogens (primary N) is 1. The van der Waals surface area contributed by atoms with Crippen molar-refractivity contribution >= 4 is 22.5 Å². The lowest BCUT2D eigenvalue weighted by molar-refractivity contribution is 0.400. The minimum absolute atomic E-state index is 0.0372. The van der Waals surface area contributed by atoms with Gasteiger partial charge >= 0.3 is 0 Å². The molecule has 3 N–H and O–H groups in total. The highest BCUT2D eigenvalue weighted by atomic mass is 16.1. The van der Waals surface area contributed by atoms with E-state index in [2.05, 4.69) is 41.9 Å².